The van der Waals surface area contributed by atoms with Crippen LogP contribution in [0.1, 0.15) is 47.0 Å². The summed E-state index contributed by atoms with van der Waals surface area (Å²) < 4.78 is 0. The molecule has 17 heavy (non-hydrogen) atoms. The van der Waals surface area contributed by atoms with Gasteiger partial charge in [-0.05, 0) is 27.2 Å². The first kappa shape index (κ1) is 15.7. The van der Waals surface area contributed by atoms with Crippen molar-refractivity contribution in [3.63, 3.8) is 0 Å². The van der Waals surface area contributed by atoms with Crippen LogP contribution in [-0.4, -0.2) is 40.6 Å². The summed E-state index contributed by atoms with van der Waals surface area (Å²) in [5.41, 5.74) is 0. The van der Waals surface area contributed by atoms with E-state index in [4.69, 9.17) is 5.11 Å². The van der Waals surface area contributed by atoms with E-state index < -0.39 is 12.0 Å². The number of carbonyl (C=O) groups excluding carboxylic acids is 1. The van der Waals surface area contributed by atoms with E-state index in [9.17, 15) is 9.59 Å². The molecule has 100 valence electrons. The lowest BCUT2D eigenvalue weighted by molar-refractivity contribution is -0.138. The zero-order valence-electron chi connectivity index (χ0n) is 11.2. The number of carbonyl (C=O) groups is 2. The average Bonchev–Trinajstić information content (AvgIpc) is 2.23. The molecule has 0 rings (SSSR count). The van der Waals surface area contributed by atoms with Crippen LogP contribution in [0.15, 0.2) is 0 Å². The van der Waals surface area contributed by atoms with Crippen LogP contribution >= 0.6 is 0 Å². The Bertz CT molecular complexity index is 254. The fourth-order valence-electron chi connectivity index (χ4n) is 1.46. The van der Waals surface area contributed by atoms with Gasteiger partial charge >= 0.3 is 12.0 Å². The van der Waals surface area contributed by atoms with Crippen LogP contribution in [0.2, 0.25) is 0 Å². The molecule has 0 aromatic rings. The number of carboxylic acids is 1. The first-order valence-corrected chi connectivity index (χ1v) is 6.20. The third-order valence-corrected chi connectivity index (χ3v) is 2.60. The van der Waals surface area contributed by atoms with E-state index in [1.165, 1.54) is 6.92 Å². The van der Waals surface area contributed by atoms with E-state index >= 15 is 0 Å². The predicted octanol–water partition coefficient (Wildman–Crippen LogP) is 2.07. The molecule has 0 aromatic heterocycles. The first-order chi connectivity index (χ1) is 7.90. The molecule has 0 aliphatic heterocycles. The van der Waals surface area contributed by atoms with Gasteiger partial charge < -0.3 is 15.3 Å². The Morgan fingerprint density at radius 3 is 2.24 bits per heavy atom. The van der Waals surface area contributed by atoms with E-state index in [2.05, 4.69) is 12.2 Å². The normalized spacial score (nSPS) is 12.3. The summed E-state index contributed by atoms with van der Waals surface area (Å²) in [5, 5.41) is 11.2. The number of urea groups is 1. The Morgan fingerprint density at radius 2 is 1.82 bits per heavy atom. The van der Waals surface area contributed by atoms with Crippen molar-refractivity contribution in [2.75, 3.05) is 6.54 Å². The van der Waals surface area contributed by atoms with Gasteiger partial charge in [-0.3, -0.25) is 4.79 Å². The SMILES string of the molecule is CCCCCN(C(=O)NC(C)C(=O)O)C(C)C. The average molecular weight is 244 g/mol. The highest BCUT2D eigenvalue weighted by Crippen LogP contribution is 2.04. The van der Waals surface area contributed by atoms with Crippen molar-refractivity contribution in [3.05, 3.63) is 0 Å². The molecule has 2 N–H and O–H groups in total. The summed E-state index contributed by atoms with van der Waals surface area (Å²) >= 11 is 0. The van der Waals surface area contributed by atoms with Crippen molar-refractivity contribution < 1.29 is 14.7 Å². The quantitative estimate of drug-likeness (QED) is 0.673. The number of nitrogens with one attached hydrogen (secondary N) is 1. The minimum atomic E-state index is -1.02. The zero-order chi connectivity index (χ0) is 13.4. The van der Waals surface area contributed by atoms with E-state index in [1.54, 1.807) is 4.90 Å². The van der Waals surface area contributed by atoms with Gasteiger partial charge in [0.05, 0.1) is 0 Å². The number of unbranched alkanes of at least 4 members (excludes halogenated alkanes) is 2. The van der Waals surface area contributed by atoms with Gasteiger partial charge in [0.2, 0.25) is 0 Å². The fraction of sp³-hybridized carbons (Fsp3) is 0.833. The summed E-state index contributed by atoms with van der Waals surface area (Å²) in [6.45, 7) is 8.09. The molecule has 0 fully saturated rings. The number of aliphatic carboxylic acids is 1. The van der Waals surface area contributed by atoms with E-state index in [0.717, 1.165) is 19.3 Å². The topological polar surface area (TPSA) is 69.6 Å². The smallest absolute Gasteiger partial charge is 0.325 e. The molecular formula is C12H24N2O3. The number of hydrogen-bond donors (Lipinski definition) is 2. The number of nitrogens with zero attached hydrogens (tertiary/aromatic N) is 1. The highest BCUT2D eigenvalue weighted by Gasteiger charge is 2.20. The fourth-order valence-corrected chi connectivity index (χ4v) is 1.46. The lowest BCUT2D eigenvalue weighted by Gasteiger charge is -2.27. The van der Waals surface area contributed by atoms with Gasteiger partial charge in [0.1, 0.15) is 6.04 Å². The monoisotopic (exact) mass is 244 g/mol. The third-order valence-electron chi connectivity index (χ3n) is 2.60. The number of rotatable bonds is 7. The second kappa shape index (κ2) is 7.92. The second-order valence-electron chi connectivity index (χ2n) is 4.50. The van der Waals surface area contributed by atoms with Crippen LogP contribution in [0, 0.1) is 0 Å². The Hall–Kier alpha value is -1.26. The summed E-state index contributed by atoms with van der Waals surface area (Å²) in [6.07, 6.45) is 3.12. The minimum absolute atomic E-state index is 0.0767. The summed E-state index contributed by atoms with van der Waals surface area (Å²) in [6, 6.07) is -1.08. The maximum Gasteiger partial charge on any atom is 0.325 e. The van der Waals surface area contributed by atoms with Crippen LogP contribution in [0.4, 0.5) is 4.79 Å². The molecule has 5 nitrogen and oxygen atoms in total. The van der Waals surface area contributed by atoms with Crippen molar-refractivity contribution in [1.82, 2.24) is 10.2 Å². The van der Waals surface area contributed by atoms with Crippen LogP contribution in [-0.2, 0) is 4.79 Å². The molecule has 5 heteroatoms. The van der Waals surface area contributed by atoms with Crippen molar-refractivity contribution >= 4 is 12.0 Å². The third kappa shape index (κ3) is 6.14. The molecule has 0 bridgehead atoms. The molecule has 0 saturated heterocycles. The molecule has 2 amide bonds. The van der Waals surface area contributed by atoms with Gasteiger partial charge in [0.25, 0.3) is 0 Å². The van der Waals surface area contributed by atoms with E-state index in [0.29, 0.717) is 6.54 Å². The van der Waals surface area contributed by atoms with Crippen molar-refractivity contribution in [3.8, 4) is 0 Å². The minimum Gasteiger partial charge on any atom is -0.480 e. The van der Waals surface area contributed by atoms with Crippen molar-refractivity contribution in [2.45, 2.75) is 59.0 Å². The maximum absolute atomic E-state index is 11.8. The highest BCUT2D eigenvalue weighted by atomic mass is 16.4. The molecule has 0 saturated carbocycles. The standard InChI is InChI=1S/C12H24N2O3/c1-5-6-7-8-14(9(2)3)12(17)13-10(4)11(15)16/h9-10H,5-8H2,1-4H3,(H,13,17)(H,15,16). The van der Waals surface area contributed by atoms with Gasteiger partial charge in [-0.2, -0.15) is 0 Å². The number of carboxylic acid groups (broad SMARTS) is 1. The van der Waals surface area contributed by atoms with Crippen LogP contribution in [0.25, 0.3) is 0 Å². The lowest BCUT2D eigenvalue weighted by atomic mass is 10.2. The summed E-state index contributed by atoms with van der Waals surface area (Å²) in [5.74, 6) is -1.02. The van der Waals surface area contributed by atoms with Crippen LogP contribution < -0.4 is 5.32 Å². The molecular weight excluding hydrogens is 220 g/mol. The Morgan fingerprint density at radius 1 is 1.24 bits per heavy atom. The zero-order valence-corrected chi connectivity index (χ0v) is 11.2. The van der Waals surface area contributed by atoms with Gasteiger partial charge in [-0.1, -0.05) is 19.8 Å². The molecule has 0 aliphatic rings. The molecule has 1 atom stereocenters. The first-order valence-electron chi connectivity index (χ1n) is 6.20. The summed E-state index contributed by atoms with van der Waals surface area (Å²) in [4.78, 5) is 24.2. The molecule has 1 unspecified atom stereocenters. The van der Waals surface area contributed by atoms with E-state index in [1.807, 2.05) is 13.8 Å². The Balaban J connectivity index is 4.29. The molecule has 0 aliphatic carbocycles. The highest BCUT2D eigenvalue weighted by molar-refractivity contribution is 5.82. The largest absolute Gasteiger partial charge is 0.480 e. The molecule has 0 aromatic carbocycles. The molecule has 0 radical (unpaired) electrons. The second-order valence-corrected chi connectivity index (χ2v) is 4.50. The molecule has 0 spiro atoms. The number of amides is 2. The predicted molar refractivity (Wildman–Crippen MR) is 67.0 cm³/mol. The van der Waals surface area contributed by atoms with Gasteiger partial charge in [0, 0.05) is 12.6 Å². The summed E-state index contributed by atoms with van der Waals surface area (Å²) in [7, 11) is 0. The van der Waals surface area contributed by atoms with E-state index in [-0.39, 0.29) is 12.1 Å². The van der Waals surface area contributed by atoms with Crippen LogP contribution in [0.3, 0.4) is 0 Å². The Labute approximate surface area is 103 Å². The maximum atomic E-state index is 11.8. The van der Waals surface area contributed by atoms with Crippen molar-refractivity contribution in [2.24, 2.45) is 0 Å². The van der Waals surface area contributed by atoms with Crippen molar-refractivity contribution in [1.29, 1.82) is 0 Å². The van der Waals surface area contributed by atoms with Gasteiger partial charge in [-0.15, -0.1) is 0 Å². The van der Waals surface area contributed by atoms with Gasteiger partial charge in [-0.25, -0.2) is 4.79 Å². The van der Waals surface area contributed by atoms with Crippen LogP contribution in [0.5, 0.6) is 0 Å². The lowest BCUT2D eigenvalue weighted by Crippen LogP contribution is -2.49. The number of hydrogen-bond acceptors (Lipinski definition) is 2. The van der Waals surface area contributed by atoms with Gasteiger partial charge in [0.15, 0.2) is 0 Å². The molecule has 0 heterocycles. The Kier molecular flexibility index (Phi) is 7.34.